The van der Waals surface area contributed by atoms with Crippen LogP contribution in [-0.2, 0) is 0 Å². The molecule has 5 heteroatoms. The highest BCUT2D eigenvalue weighted by Gasteiger charge is 2.21. The predicted octanol–water partition coefficient (Wildman–Crippen LogP) is 13.1. The summed E-state index contributed by atoms with van der Waals surface area (Å²) in [4.78, 5) is 3.85. The molecular formula is C50H29N5. The van der Waals surface area contributed by atoms with E-state index in [0.29, 0.717) is 11.3 Å². The molecule has 3 heterocycles. The van der Waals surface area contributed by atoms with E-state index in [-0.39, 0.29) is 0 Å². The normalized spacial score (nSPS) is 11.6. The molecule has 3 aromatic heterocycles. The van der Waals surface area contributed by atoms with Crippen LogP contribution in [0.1, 0.15) is 5.56 Å². The molecule has 8 aromatic carbocycles. The molecule has 0 spiro atoms. The van der Waals surface area contributed by atoms with E-state index in [1.807, 2.05) is 42.5 Å². The maximum atomic E-state index is 10.1. The van der Waals surface area contributed by atoms with Gasteiger partial charge in [0, 0.05) is 38.0 Å². The van der Waals surface area contributed by atoms with Crippen molar-refractivity contribution in [3.8, 4) is 34.3 Å². The molecule has 0 amide bonds. The summed E-state index contributed by atoms with van der Waals surface area (Å²) in [6.07, 6.45) is 0. The maximum absolute atomic E-state index is 10.1. The fourth-order valence-corrected chi connectivity index (χ4v) is 8.85. The minimum absolute atomic E-state index is 0.565. The van der Waals surface area contributed by atoms with E-state index in [2.05, 4.69) is 158 Å². The molecule has 0 saturated carbocycles. The van der Waals surface area contributed by atoms with Gasteiger partial charge in [-0.05, 0) is 83.9 Å². The van der Waals surface area contributed by atoms with Gasteiger partial charge in [0.05, 0.1) is 62.7 Å². The molecule has 0 unspecified atom stereocenters. The summed E-state index contributed by atoms with van der Waals surface area (Å²) in [6.45, 7) is 7.96. The first-order valence-electron chi connectivity index (χ1n) is 18.3. The van der Waals surface area contributed by atoms with Crippen molar-refractivity contribution in [2.75, 3.05) is 0 Å². The number of rotatable bonds is 4. The zero-order chi connectivity index (χ0) is 36.6. The molecule has 0 saturated heterocycles. The van der Waals surface area contributed by atoms with Crippen LogP contribution in [0.15, 0.2) is 176 Å². The number of fused-ring (bicyclic) bond motifs is 9. The molecule has 11 rings (SSSR count). The van der Waals surface area contributed by atoms with Crippen molar-refractivity contribution in [2.24, 2.45) is 0 Å². The molecule has 0 aliphatic rings. The molecule has 254 valence electrons. The minimum atomic E-state index is 0.565. The van der Waals surface area contributed by atoms with Crippen molar-refractivity contribution in [2.45, 2.75) is 0 Å². The van der Waals surface area contributed by atoms with Crippen LogP contribution in [-0.4, -0.2) is 13.7 Å². The van der Waals surface area contributed by atoms with E-state index >= 15 is 0 Å². The summed E-state index contributed by atoms with van der Waals surface area (Å²) in [5.74, 6) is 0. The monoisotopic (exact) mass is 699 g/mol. The molecule has 5 nitrogen and oxygen atoms in total. The van der Waals surface area contributed by atoms with Gasteiger partial charge in [0.2, 0.25) is 0 Å². The summed E-state index contributed by atoms with van der Waals surface area (Å²) in [5, 5.41) is 16.9. The number of nitrogens with zero attached hydrogens (tertiary/aromatic N) is 5. The molecule has 0 aliphatic carbocycles. The van der Waals surface area contributed by atoms with Crippen LogP contribution in [0.5, 0.6) is 0 Å². The van der Waals surface area contributed by atoms with Crippen LogP contribution in [0.4, 0.5) is 5.69 Å². The molecule has 0 atom stereocenters. The highest BCUT2D eigenvalue weighted by atomic mass is 15.0. The van der Waals surface area contributed by atoms with Crippen molar-refractivity contribution in [1.29, 1.82) is 5.26 Å². The summed E-state index contributed by atoms with van der Waals surface area (Å²) in [7, 11) is 0. The number of benzene rings is 8. The lowest BCUT2D eigenvalue weighted by Gasteiger charge is -2.16. The topological polar surface area (TPSA) is 42.9 Å². The Morgan fingerprint density at radius 3 is 1.64 bits per heavy atom. The van der Waals surface area contributed by atoms with Crippen molar-refractivity contribution < 1.29 is 0 Å². The number of hydrogen-bond acceptors (Lipinski definition) is 1. The van der Waals surface area contributed by atoms with Crippen molar-refractivity contribution in [3.05, 3.63) is 193 Å². The molecule has 11 aromatic rings. The SMILES string of the molecule is [C-]#[N+]c1ccc(-n2c3ccccc3c3c(C#N)cccc32)c(-c2cccc(-n3c4ccccc4c4c(-n5c6ccccc6c6ccccc65)cccc43)c2)c1. The third-order valence-electron chi connectivity index (χ3n) is 11.1. The lowest BCUT2D eigenvalue weighted by molar-refractivity contribution is 1.16. The van der Waals surface area contributed by atoms with Crippen LogP contribution < -0.4 is 0 Å². The zero-order valence-electron chi connectivity index (χ0n) is 29.5. The van der Waals surface area contributed by atoms with Gasteiger partial charge >= 0.3 is 0 Å². The van der Waals surface area contributed by atoms with Gasteiger partial charge < -0.3 is 13.7 Å². The Morgan fingerprint density at radius 1 is 0.436 bits per heavy atom. The van der Waals surface area contributed by atoms with Crippen LogP contribution in [0.25, 0.3) is 98.5 Å². The minimum Gasteiger partial charge on any atom is -0.309 e. The van der Waals surface area contributed by atoms with Gasteiger partial charge in [-0.3, -0.25) is 0 Å². The summed E-state index contributed by atoms with van der Waals surface area (Å²) >= 11 is 0. The zero-order valence-corrected chi connectivity index (χ0v) is 29.5. The lowest BCUT2D eigenvalue weighted by atomic mass is 10.0. The second-order valence-electron chi connectivity index (χ2n) is 13.9. The molecule has 0 bridgehead atoms. The molecule has 0 N–H and O–H groups in total. The first-order chi connectivity index (χ1) is 27.2. The maximum Gasteiger partial charge on any atom is 0.188 e. The molecule has 55 heavy (non-hydrogen) atoms. The van der Waals surface area contributed by atoms with Gasteiger partial charge in [-0.25, -0.2) is 4.85 Å². The van der Waals surface area contributed by atoms with Gasteiger partial charge in [-0.1, -0.05) is 103 Å². The van der Waals surface area contributed by atoms with Crippen LogP contribution in [0.2, 0.25) is 0 Å². The first kappa shape index (κ1) is 30.7. The molecular weight excluding hydrogens is 671 g/mol. The molecule has 0 radical (unpaired) electrons. The Hall–Kier alpha value is -7.86. The Balaban J connectivity index is 1.17. The molecule has 0 fully saturated rings. The van der Waals surface area contributed by atoms with Crippen LogP contribution >= 0.6 is 0 Å². The lowest BCUT2D eigenvalue weighted by Crippen LogP contribution is -1.99. The quantitative estimate of drug-likeness (QED) is 0.169. The average Bonchev–Trinajstić information content (AvgIpc) is 3.89. The van der Waals surface area contributed by atoms with Gasteiger partial charge in [0.1, 0.15) is 0 Å². The van der Waals surface area contributed by atoms with E-state index in [4.69, 9.17) is 6.57 Å². The summed E-state index contributed by atoms with van der Waals surface area (Å²) < 4.78 is 7.01. The second-order valence-corrected chi connectivity index (χ2v) is 13.9. The third-order valence-corrected chi connectivity index (χ3v) is 11.1. The standard InChI is InChI=1S/C50H29N5/c1-52-34-27-28-45(55-44-23-9-4-18-38(44)49-33(31-51)14-11-24-46(49)55)40(30-34)32-13-10-15-35(29-32)53-43-22-8-5-19-39(43)50-47(53)25-12-26-48(50)54-41-20-6-2-16-36(41)37-17-3-7-21-42(37)54/h2-30H. The number of para-hydroxylation sites is 4. The van der Waals surface area contributed by atoms with Gasteiger partial charge in [-0.2, -0.15) is 5.26 Å². The fourth-order valence-electron chi connectivity index (χ4n) is 8.85. The van der Waals surface area contributed by atoms with E-state index in [9.17, 15) is 5.26 Å². The van der Waals surface area contributed by atoms with Crippen molar-refractivity contribution in [1.82, 2.24) is 13.7 Å². The van der Waals surface area contributed by atoms with E-state index in [0.717, 1.165) is 61.0 Å². The van der Waals surface area contributed by atoms with E-state index in [1.54, 1.807) is 0 Å². The van der Waals surface area contributed by atoms with Crippen LogP contribution in [0.3, 0.4) is 0 Å². The van der Waals surface area contributed by atoms with E-state index in [1.165, 1.54) is 32.6 Å². The number of aromatic nitrogens is 3. The Kier molecular flexibility index (Phi) is 6.61. The Bertz CT molecular complexity index is 3420. The first-order valence-corrected chi connectivity index (χ1v) is 18.3. The summed E-state index contributed by atoms with van der Waals surface area (Å²) in [5.41, 5.74) is 12.8. The summed E-state index contributed by atoms with van der Waals surface area (Å²) in [6, 6.07) is 63.7. The second kappa shape index (κ2) is 11.8. The highest BCUT2D eigenvalue weighted by Crippen LogP contribution is 2.42. The number of nitriles is 1. The largest absolute Gasteiger partial charge is 0.309 e. The van der Waals surface area contributed by atoms with E-state index < -0.39 is 0 Å². The highest BCUT2D eigenvalue weighted by molar-refractivity contribution is 6.17. The third kappa shape index (κ3) is 4.39. The average molecular weight is 700 g/mol. The fraction of sp³-hybridized carbons (Fsp3) is 0. The Morgan fingerprint density at radius 2 is 0.964 bits per heavy atom. The van der Waals surface area contributed by atoms with Crippen molar-refractivity contribution in [3.63, 3.8) is 0 Å². The van der Waals surface area contributed by atoms with Crippen LogP contribution in [0, 0.1) is 17.9 Å². The predicted molar refractivity (Wildman–Crippen MR) is 226 cm³/mol. The van der Waals surface area contributed by atoms with Gasteiger partial charge in [0.15, 0.2) is 5.69 Å². The Labute approximate surface area is 316 Å². The number of hydrogen-bond donors (Lipinski definition) is 0. The van der Waals surface area contributed by atoms with Gasteiger partial charge in [-0.15, -0.1) is 0 Å². The van der Waals surface area contributed by atoms with Crippen molar-refractivity contribution >= 4 is 71.1 Å². The molecule has 0 aliphatic heterocycles. The van der Waals surface area contributed by atoms with Gasteiger partial charge in [0.25, 0.3) is 0 Å². The smallest absolute Gasteiger partial charge is 0.188 e.